The van der Waals surface area contributed by atoms with Gasteiger partial charge in [-0.3, -0.25) is 4.74 Å². The summed E-state index contributed by atoms with van der Waals surface area (Å²) in [6.45, 7) is 0. The molecule has 0 aliphatic carbocycles. The summed E-state index contributed by atoms with van der Waals surface area (Å²) in [5, 5.41) is 0. The molecule has 23 heavy (non-hydrogen) atoms. The van der Waals surface area contributed by atoms with Crippen molar-refractivity contribution >= 4 is 0 Å². The van der Waals surface area contributed by atoms with Gasteiger partial charge in [-0.2, -0.15) is 9.78 Å². The van der Waals surface area contributed by atoms with E-state index in [4.69, 9.17) is 14.5 Å². The minimum Gasteiger partial charge on any atom is -0.296 e. The molecule has 0 spiro atoms. The Morgan fingerprint density at radius 2 is 0.870 bits per heavy atom. The number of hydrogen-bond acceptors (Lipinski definition) is 3. The second kappa shape index (κ2) is 4.52. The topological polar surface area (TPSA) is 27.7 Å². The first-order chi connectivity index (χ1) is 11.4. The Bertz CT molecular complexity index is 790. The van der Waals surface area contributed by atoms with E-state index in [-0.39, 0.29) is 0 Å². The summed E-state index contributed by atoms with van der Waals surface area (Å²) >= 11 is 0. The molecule has 2 unspecified atom stereocenters. The molecule has 2 bridgehead atoms. The molecule has 5 rings (SSSR count). The predicted molar refractivity (Wildman–Crippen MR) is 84.1 cm³/mol. The average molecular weight is 302 g/mol. The van der Waals surface area contributed by atoms with Crippen LogP contribution in [0, 0.1) is 0 Å². The maximum atomic E-state index is 6.45. The lowest BCUT2D eigenvalue weighted by molar-refractivity contribution is -0.351. The molecule has 0 aromatic heterocycles. The van der Waals surface area contributed by atoms with Gasteiger partial charge in [0.15, 0.2) is 0 Å². The molecule has 2 aliphatic heterocycles. The first kappa shape index (κ1) is 13.0. The molecule has 1 saturated heterocycles. The van der Waals surface area contributed by atoms with Crippen molar-refractivity contribution in [3.8, 4) is 0 Å². The Kier molecular flexibility index (Phi) is 2.56. The van der Waals surface area contributed by atoms with E-state index in [0.29, 0.717) is 0 Å². The first-order valence-electron chi connectivity index (χ1n) is 7.63. The van der Waals surface area contributed by atoms with E-state index >= 15 is 0 Å². The number of rotatable bonds is 2. The standard InChI is InChI=1S/C20H14O3/c1-3-9-15(10-4-1)19-17-13-7-8-14-18(17)20(21-19,23-22-19)16-11-5-2-6-12-16/h1-14H. The van der Waals surface area contributed by atoms with Crippen molar-refractivity contribution in [3.05, 3.63) is 107 Å². The Morgan fingerprint density at radius 3 is 1.30 bits per heavy atom. The van der Waals surface area contributed by atoms with E-state index in [1.165, 1.54) is 0 Å². The maximum absolute atomic E-state index is 6.45. The van der Waals surface area contributed by atoms with Gasteiger partial charge < -0.3 is 0 Å². The summed E-state index contributed by atoms with van der Waals surface area (Å²) in [6.07, 6.45) is 0. The first-order valence-corrected chi connectivity index (χ1v) is 7.63. The van der Waals surface area contributed by atoms with E-state index in [0.717, 1.165) is 22.3 Å². The van der Waals surface area contributed by atoms with Gasteiger partial charge in [0.2, 0.25) is 0 Å². The van der Waals surface area contributed by atoms with Gasteiger partial charge in [-0.15, -0.1) is 0 Å². The van der Waals surface area contributed by atoms with Crippen LogP contribution in [-0.2, 0) is 26.1 Å². The third kappa shape index (κ3) is 1.59. The molecule has 3 aromatic rings. The molecule has 3 heteroatoms. The van der Waals surface area contributed by atoms with Gasteiger partial charge in [-0.25, -0.2) is 0 Å². The molecular formula is C20H14O3. The van der Waals surface area contributed by atoms with Crippen LogP contribution in [0.25, 0.3) is 0 Å². The zero-order chi connectivity index (χ0) is 15.3. The third-order valence-corrected chi connectivity index (χ3v) is 4.51. The molecule has 0 radical (unpaired) electrons. The van der Waals surface area contributed by atoms with E-state index in [1.807, 2.05) is 84.9 Å². The Balaban J connectivity index is 1.78. The quantitative estimate of drug-likeness (QED) is 0.668. The van der Waals surface area contributed by atoms with Gasteiger partial charge >= 0.3 is 0 Å². The fraction of sp³-hybridized carbons (Fsp3) is 0.100. The summed E-state index contributed by atoms with van der Waals surface area (Å²) in [5.74, 6) is -2.04. The molecule has 3 aromatic carbocycles. The fourth-order valence-electron chi connectivity index (χ4n) is 3.45. The largest absolute Gasteiger partial charge is 0.296 e. The molecule has 112 valence electrons. The summed E-state index contributed by atoms with van der Waals surface area (Å²) < 4.78 is 6.45. The summed E-state index contributed by atoms with van der Waals surface area (Å²) in [4.78, 5) is 11.6. The number of ether oxygens (including phenoxy) is 1. The highest BCUT2D eigenvalue weighted by atomic mass is 17.3. The summed E-state index contributed by atoms with van der Waals surface area (Å²) in [5.41, 5.74) is 3.81. The van der Waals surface area contributed by atoms with Crippen LogP contribution in [0.3, 0.4) is 0 Å². The lowest BCUT2D eigenvalue weighted by Crippen LogP contribution is -2.28. The zero-order valence-corrected chi connectivity index (χ0v) is 12.3. The highest BCUT2D eigenvalue weighted by molar-refractivity contribution is 5.50. The van der Waals surface area contributed by atoms with Crippen LogP contribution in [0.1, 0.15) is 22.3 Å². The predicted octanol–water partition coefficient (Wildman–Crippen LogP) is 4.08. The van der Waals surface area contributed by atoms with Crippen molar-refractivity contribution in [2.75, 3.05) is 0 Å². The van der Waals surface area contributed by atoms with Crippen LogP contribution >= 0.6 is 0 Å². The average Bonchev–Trinajstić information content (AvgIpc) is 3.19. The highest BCUT2D eigenvalue weighted by Crippen LogP contribution is 2.60. The Labute approximate surface area is 134 Å². The van der Waals surface area contributed by atoms with Gasteiger partial charge in [0.05, 0.1) is 0 Å². The normalized spacial score (nSPS) is 27.8. The molecule has 2 atom stereocenters. The van der Waals surface area contributed by atoms with Crippen molar-refractivity contribution in [2.45, 2.75) is 11.6 Å². The van der Waals surface area contributed by atoms with E-state index in [1.54, 1.807) is 0 Å². The minimum atomic E-state index is -1.02. The van der Waals surface area contributed by atoms with E-state index in [9.17, 15) is 0 Å². The molecule has 0 saturated carbocycles. The molecule has 3 nitrogen and oxygen atoms in total. The van der Waals surface area contributed by atoms with Crippen LogP contribution in [0.2, 0.25) is 0 Å². The summed E-state index contributed by atoms with van der Waals surface area (Å²) in [6, 6.07) is 27.9. The monoisotopic (exact) mass is 302 g/mol. The lowest BCUT2D eigenvalue weighted by atomic mass is 9.90. The number of hydrogen-bond donors (Lipinski definition) is 0. The molecular weight excluding hydrogens is 288 g/mol. The van der Waals surface area contributed by atoms with Gasteiger partial charge in [0.25, 0.3) is 11.6 Å². The van der Waals surface area contributed by atoms with Crippen molar-refractivity contribution in [2.24, 2.45) is 0 Å². The Hall–Kier alpha value is -2.46. The van der Waals surface area contributed by atoms with Crippen LogP contribution in [0.4, 0.5) is 0 Å². The summed E-state index contributed by atoms with van der Waals surface area (Å²) in [7, 11) is 0. The zero-order valence-electron chi connectivity index (χ0n) is 12.3. The van der Waals surface area contributed by atoms with E-state index in [2.05, 4.69) is 0 Å². The Morgan fingerprint density at radius 1 is 0.478 bits per heavy atom. The molecule has 1 fully saturated rings. The molecule has 0 amide bonds. The van der Waals surface area contributed by atoms with Crippen LogP contribution in [0.5, 0.6) is 0 Å². The highest BCUT2D eigenvalue weighted by Gasteiger charge is 2.65. The molecule has 0 N–H and O–H groups in total. The van der Waals surface area contributed by atoms with Gasteiger partial charge in [-0.05, 0) is 0 Å². The molecule has 2 heterocycles. The van der Waals surface area contributed by atoms with Gasteiger partial charge in [0.1, 0.15) is 0 Å². The van der Waals surface area contributed by atoms with Crippen LogP contribution < -0.4 is 0 Å². The van der Waals surface area contributed by atoms with Crippen LogP contribution in [-0.4, -0.2) is 0 Å². The minimum absolute atomic E-state index is 0.919. The number of fused-ring (bicyclic) bond motifs is 5. The van der Waals surface area contributed by atoms with Crippen LogP contribution in [0.15, 0.2) is 84.9 Å². The van der Waals surface area contributed by atoms with Crippen molar-refractivity contribution < 1.29 is 14.5 Å². The fourth-order valence-corrected chi connectivity index (χ4v) is 3.45. The third-order valence-electron chi connectivity index (χ3n) is 4.51. The smallest absolute Gasteiger partial charge is 0.257 e. The van der Waals surface area contributed by atoms with Crippen molar-refractivity contribution in [1.29, 1.82) is 0 Å². The molecule has 2 aliphatic rings. The lowest BCUT2D eigenvalue weighted by Gasteiger charge is -2.26. The maximum Gasteiger partial charge on any atom is 0.257 e. The van der Waals surface area contributed by atoms with E-state index < -0.39 is 11.6 Å². The van der Waals surface area contributed by atoms with Gasteiger partial charge in [-0.1, -0.05) is 84.9 Å². The SMILES string of the molecule is c1ccc(C23OOC(c4ccccc4)(O2)c2ccccc23)cc1. The van der Waals surface area contributed by atoms with Crippen molar-refractivity contribution in [3.63, 3.8) is 0 Å². The number of benzene rings is 3. The van der Waals surface area contributed by atoms with Gasteiger partial charge in [0, 0.05) is 22.3 Å². The second-order valence-corrected chi connectivity index (χ2v) is 5.78. The second-order valence-electron chi connectivity index (χ2n) is 5.78. The van der Waals surface area contributed by atoms with Crippen molar-refractivity contribution in [1.82, 2.24) is 0 Å².